The van der Waals surface area contributed by atoms with E-state index in [9.17, 15) is 0 Å². The molecule has 2 unspecified atom stereocenters. The SMILES string of the molecule is C=C(C)CC.C=C(N1CC=C2C(C)(CC=C(c3ccc(C)cc3)C2(C)N)C1)C(CCC)(CCC)C(/C=C\C)=C/C.CC.CC.CC. The molecule has 1 aliphatic carbocycles. The monoisotopic (exact) mass is 633 g/mol. The molecular formula is C44H76N2. The summed E-state index contributed by atoms with van der Waals surface area (Å²) >= 11 is 0. The summed E-state index contributed by atoms with van der Waals surface area (Å²) in [5, 5.41) is 0. The first-order chi connectivity index (χ1) is 21.9. The number of aryl methyl sites for hydroxylation is 1. The van der Waals surface area contributed by atoms with Gasteiger partial charge in [-0.1, -0.05) is 154 Å². The van der Waals surface area contributed by atoms with Gasteiger partial charge in [-0.2, -0.15) is 0 Å². The molecule has 2 heteroatoms. The van der Waals surface area contributed by atoms with Crippen LogP contribution in [0.5, 0.6) is 0 Å². The molecule has 2 nitrogen and oxygen atoms in total. The van der Waals surface area contributed by atoms with Crippen molar-refractivity contribution in [1.82, 2.24) is 4.90 Å². The molecule has 0 radical (unpaired) electrons. The highest BCUT2D eigenvalue weighted by atomic mass is 15.2. The molecule has 3 rings (SSSR count). The van der Waals surface area contributed by atoms with Crippen LogP contribution in [0.25, 0.3) is 5.57 Å². The van der Waals surface area contributed by atoms with Crippen LogP contribution in [0.1, 0.15) is 147 Å². The normalized spacial score (nSPS) is 20.5. The minimum absolute atomic E-state index is 0.000254. The molecule has 2 N–H and O–H groups in total. The van der Waals surface area contributed by atoms with E-state index in [2.05, 4.69) is 122 Å². The lowest BCUT2D eigenvalue weighted by atomic mass is 9.61. The molecule has 46 heavy (non-hydrogen) atoms. The van der Waals surface area contributed by atoms with Crippen LogP contribution in [0.4, 0.5) is 0 Å². The summed E-state index contributed by atoms with van der Waals surface area (Å²) in [6.07, 6.45) is 18.2. The van der Waals surface area contributed by atoms with Gasteiger partial charge in [0.05, 0.1) is 5.54 Å². The molecule has 1 aromatic carbocycles. The summed E-state index contributed by atoms with van der Waals surface area (Å²) in [6.45, 7) is 42.1. The Morgan fingerprint density at radius 1 is 0.913 bits per heavy atom. The van der Waals surface area contributed by atoms with Crippen molar-refractivity contribution in [2.45, 2.75) is 148 Å². The Labute approximate surface area is 288 Å². The number of rotatable bonds is 10. The Balaban J connectivity index is 0. The van der Waals surface area contributed by atoms with Crippen LogP contribution < -0.4 is 5.73 Å². The minimum atomic E-state index is -0.473. The van der Waals surface area contributed by atoms with Crippen molar-refractivity contribution in [1.29, 1.82) is 0 Å². The highest BCUT2D eigenvalue weighted by molar-refractivity contribution is 5.78. The molecule has 0 fully saturated rings. The number of benzene rings is 1. The summed E-state index contributed by atoms with van der Waals surface area (Å²) in [4.78, 5) is 2.56. The van der Waals surface area contributed by atoms with Crippen molar-refractivity contribution in [3.63, 3.8) is 0 Å². The standard InChI is InChI=1S/C33H48N2.C5H10.3C2H6/c1-9-13-28(12-4)33(20-10-2,21-11-3)26(6)35-23-19-30-31(7,24-35)22-18-29(32(30,8)34)27-16-14-25(5)15-17-27;1-4-5(2)3;3*1-2/h9,12-19H,6,10-11,20-24,34H2,1-5,7-8H3;2,4H2,1,3H3;3*1-2H3/b13-9-,28-12+;;;;. The van der Waals surface area contributed by atoms with Gasteiger partial charge in [0.2, 0.25) is 0 Å². The van der Waals surface area contributed by atoms with Crippen LogP contribution in [0.3, 0.4) is 0 Å². The quantitative estimate of drug-likeness (QED) is 0.205. The third-order valence-corrected chi connectivity index (χ3v) is 9.05. The number of nitrogens with zero attached hydrogens (tertiary/aromatic N) is 1. The van der Waals surface area contributed by atoms with Crippen LogP contribution in [0.15, 0.2) is 90.2 Å². The van der Waals surface area contributed by atoms with Crippen LogP contribution in [0, 0.1) is 17.8 Å². The molecular weight excluding hydrogens is 556 g/mol. The van der Waals surface area contributed by atoms with Crippen molar-refractivity contribution < 1.29 is 0 Å². The van der Waals surface area contributed by atoms with Crippen molar-refractivity contribution in [3.05, 3.63) is 101 Å². The lowest BCUT2D eigenvalue weighted by Gasteiger charge is -2.53. The number of allylic oxidation sites excluding steroid dienone is 6. The van der Waals surface area contributed by atoms with Gasteiger partial charge >= 0.3 is 0 Å². The zero-order valence-electron chi connectivity index (χ0n) is 33.3. The molecule has 262 valence electrons. The Kier molecular flexibility index (Phi) is 22.6. The van der Waals surface area contributed by atoms with E-state index in [1.54, 1.807) is 0 Å². The fraction of sp³-hybridized carbons (Fsp3) is 0.591. The summed E-state index contributed by atoms with van der Waals surface area (Å²) in [6, 6.07) is 8.81. The van der Waals surface area contributed by atoms with Gasteiger partial charge in [-0.3, -0.25) is 0 Å². The molecule has 0 spiro atoms. The van der Waals surface area contributed by atoms with Gasteiger partial charge in [-0.25, -0.2) is 0 Å². The predicted molar refractivity (Wildman–Crippen MR) is 213 cm³/mol. The van der Waals surface area contributed by atoms with E-state index in [1.807, 2.05) is 48.5 Å². The number of nitrogens with two attached hydrogens (primary N) is 1. The van der Waals surface area contributed by atoms with Crippen molar-refractivity contribution in [3.8, 4) is 0 Å². The maximum Gasteiger partial charge on any atom is 0.0605 e. The van der Waals surface area contributed by atoms with Crippen LogP contribution >= 0.6 is 0 Å². The van der Waals surface area contributed by atoms with Gasteiger partial charge in [0.25, 0.3) is 0 Å². The topological polar surface area (TPSA) is 29.3 Å². The van der Waals surface area contributed by atoms with Gasteiger partial charge in [0.15, 0.2) is 0 Å². The minimum Gasteiger partial charge on any atom is -0.370 e. The molecule has 0 amide bonds. The molecule has 0 saturated heterocycles. The first-order valence-corrected chi connectivity index (χ1v) is 18.5. The molecule has 0 saturated carbocycles. The van der Waals surface area contributed by atoms with Crippen molar-refractivity contribution in [2.75, 3.05) is 13.1 Å². The highest BCUT2D eigenvalue weighted by Crippen LogP contribution is 2.52. The Morgan fingerprint density at radius 2 is 1.41 bits per heavy atom. The fourth-order valence-electron chi connectivity index (χ4n) is 6.81. The summed E-state index contributed by atoms with van der Waals surface area (Å²) in [7, 11) is 0. The Hall–Kier alpha value is -2.58. The van der Waals surface area contributed by atoms with Gasteiger partial charge in [-0.15, -0.1) is 6.58 Å². The zero-order chi connectivity index (χ0) is 36.1. The lowest BCUT2D eigenvalue weighted by molar-refractivity contribution is 0.167. The molecule has 1 aliphatic heterocycles. The van der Waals surface area contributed by atoms with Gasteiger partial charge in [0, 0.05) is 29.6 Å². The second kappa shape index (κ2) is 22.9. The lowest BCUT2D eigenvalue weighted by Crippen LogP contribution is -2.54. The molecule has 1 heterocycles. The average molecular weight is 633 g/mol. The van der Waals surface area contributed by atoms with Crippen molar-refractivity contribution >= 4 is 5.57 Å². The van der Waals surface area contributed by atoms with E-state index in [0.29, 0.717) is 0 Å². The van der Waals surface area contributed by atoms with Gasteiger partial charge in [0.1, 0.15) is 0 Å². The summed E-state index contributed by atoms with van der Waals surface area (Å²) in [5.41, 5.74) is 15.7. The summed E-state index contributed by atoms with van der Waals surface area (Å²) < 4.78 is 0. The van der Waals surface area contributed by atoms with E-state index in [0.717, 1.165) is 51.6 Å². The maximum atomic E-state index is 7.15. The Bertz CT molecular complexity index is 1130. The van der Waals surface area contributed by atoms with Gasteiger partial charge in [-0.05, 0) is 82.6 Å². The smallest absolute Gasteiger partial charge is 0.0605 e. The number of hydrogen-bond acceptors (Lipinski definition) is 2. The molecule has 2 atom stereocenters. The van der Waals surface area contributed by atoms with Crippen LogP contribution in [-0.4, -0.2) is 23.5 Å². The third-order valence-electron chi connectivity index (χ3n) is 9.05. The van der Waals surface area contributed by atoms with Crippen molar-refractivity contribution in [2.24, 2.45) is 16.6 Å². The summed E-state index contributed by atoms with van der Waals surface area (Å²) in [5.74, 6) is 0. The molecule has 1 aromatic rings. The fourth-order valence-corrected chi connectivity index (χ4v) is 6.81. The maximum absolute atomic E-state index is 7.15. The van der Waals surface area contributed by atoms with E-state index in [1.165, 1.54) is 39.1 Å². The van der Waals surface area contributed by atoms with E-state index in [4.69, 9.17) is 12.3 Å². The first kappa shape index (κ1) is 45.5. The largest absolute Gasteiger partial charge is 0.370 e. The molecule has 0 aromatic heterocycles. The van der Waals surface area contributed by atoms with E-state index >= 15 is 0 Å². The predicted octanol–water partition coefficient (Wildman–Crippen LogP) is 13.4. The van der Waals surface area contributed by atoms with E-state index < -0.39 is 5.54 Å². The molecule has 2 aliphatic rings. The Morgan fingerprint density at radius 3 is 1.83 bits per heavy atom. The average Bonchev–Trinajstić information content (AvgIpc) is 3.06. The highest BCUT2D eigenvalue weighted by Gasteiger charge is 2.48. The first-order valence-electron chi connectivity index (χ1n) is 18.5. The third kappa shape index (κ3) is 11.6. The second-order valence-corrected chi connectivity index (χ2v) is 12.5. The number of fused-ring (bicyclic) bond motifs is 1. The van der Waals surface area contributed by atoms with E-state index in [-0.39, 0.29) is 10.8 Å². The van der Waals surface area contributed by atoms with Gasteiger partial charge < -0.3 is 10.6 Å². The van der Waals surface area contributed by atoms with Crippen LogP contribution in [-0.2, 0) is 0 Å². The molecule has 0 bridgehead atoms. The zero-order valence-corrected chi connectivity index (χ0v) is 33.3. The number of hydrogen-bond donors (Lipinski definition) is 1. The second-order valence-electron chi connectivity index (χ2n) is 12.5. The van der Waals surface area contributed by atoms with Crippen LogP contribution in [0.2, 0.25) is 0 Å².